The Kier molecular flexibility index (Phi) is 35.0. The molecule has 17 rings (SSSR count). The summed E-state index contributed by atoms with van der Waals surface area (Å²) in [5.41, 5.74) is 9.03. The summed E-state index contributed by atoms with van der Waals surface area (Å²) >= 11 is 25.5. The summed E-state index contributed by atoms with van der Waals surface area (Å²) < 4.78 is 104. The van der Waals surface area contributed by atoms with Crippen LogP contribution in [0.4, 0.5) is 114 Å². The number of β-amino-alcohol motifs (C(OH)–C–C–N with tert-alkyl or cyclic N) is 1. The van der Waals surface area contributed by atoms with Gasteiger partial charge >= 0.3 is 6.09 Å². The molecule has 12 aromatic rings. The molecule has 4 aliphatic heterocycles. The molecular formula is C100H121Cl4N21O13P4S. The third kappa shape index (κ3) is 28.4. The average molecular weight is 2120 g/mol. The zero-order chi connectivity index (χ0) is 102. The number of aliphatic hydroxyl groups is 1. The number of nitrogens with one attached hydrogen (secondary N) is 7. The normalized spacial score (nSPS) is 15.2. The Morgan fingerprint density at radius 2 is 0.902 bits per heavy atom. The molecule has 1 aliphatic carbocycles. The Hall–Kier alpha value is -11.5. The van der Waals surface area contributed by atoms with Crippen LogP contribution < -0.4 is 92.2 Å². The van der Waals surface area contributed by atoms with Crippen LogP contribution in [0.1, 0.15) is 44.6 Å². The van der Waals surface area contributed by atoms with E-state index in [9.17, 15) is 36.6 Å². The molecule has 1 saturated carbocycles. The number of aromatic nitrogens is 8. The van der Waals surface area contributed by atoms with E-state index in [-0.39, 0.29) is 33.3 Å². The number of hydrogen-bond donors (Lipinski definition) is 8. The third-order valence-corrected chi connectivity index (χ3v) is 33.8. The summed E-state index contributed by atoms with van der Waals surface area (Å²) in [4.78, 5) is 60.7. The van der Waals surface area contributed by atoms with Crippen LogP contribution in [0.2, 0.25) is 20.1 Å². The van der Waals surface area contributed by atoms with Gasteiger partial charge in [0.1, 0.15) is 72.0 Å². The van der Waals surface area contributed by atoms with Gasteiger partial charge in [-0.1, -0.05) is 82.8 Å². The van der Waals surface area contributed by atoms with Crippen molar-refractivity contribution in [2.24, 2.45) is 0 Å². The number of benzene rings is 8. The summed E-state index contributed by atoms with van der Waals surface area (Å²) in [5, 5.41) is 36.4. The molecule has 143 heavy (non-hydrogen) atoms. The van der Waals surface area contributed by atoms with E-state index in [1.54, 1.807) is 128 Å². The third-order valence-electron chi connectivity index (χ3n) is 24.2. The molecule has 8 heterocycles. The number of likely N-dealkylation sites (N-methyl/N-ethyl adjacent to an activating group) is 1. The van der Waals surface area contributed by atoms with Gasteiger partial charge in [-0.25, -0.2) is 33.1 Å². The van der Waals surface area contributed by atoms with Crippen molar-refractivity contribution in [3.05, 3.63) is 220 Å². The first-order chi connectivity index (χ1) is 68.0. The van der Waals surface area contributed by atoms with Crippen LogP contribution in [0.25, 0.3) is 0 Å². The van der Waals surface area contributed by atoms with Gasteiger partial charge in [0, 0.05) is 141 Å². The van der Waals surface area contributed by atoms with E-state index >= 15 is 0 Å². The maximum Gasteiger partial charge on any atom is 0.410 e. The van der Waals surface area contributed by atoms with Crippen molar-refractivity contribution in [1.82, 2.24) is 49.7 Å². The van der Waals surface area contributed by atoms with E-state index < -0.39 is 44.0 Å². The van der Waals surface area contributed by atoms with Crippen molar-refractivity contribution in [3.63, 3.8) is 0 Å². The first-order valence-electron chi connectivity index (χ1n) is 46.4. The van der Waals surface area contributed by atoms with E-state index in [1.807, 2.05) is 134 Å². The number of halogens is 4. The Balaban J connectivity index is 0.000000153. The van der Waals surface area contributed by atoms with Crippen molar-refractivity contribution in [3.8, 4) is 17.2 Å². The van der Waals surface area contributed by atoms with Gasteiger partial charge in [0.25, 0.3) is 0 Å². The topological polar surface area (TPSA) is 393 Å². The smallest absolute Gasteiger partial charge is 0.410 e. The molecule has 0 bridgehead atoms. The van der Waals surface area contributed by atoms with Crippen molar-refractivity contribution >= 4 is 222 Å². The molecule has 0 radical (unpaired) electrons. The number of rotatable bonds is 29. The monoisotopic (exact) mass is 2120 g/mol. The van der Waals surface area contributed by atoms with Crippen molar-refractivity contribution in [2.75, 3.05) is 224 Å². The van der Waals surface area contributed by atoms with Crippen LogP contribution in [0, 0.1) is 6.92 Å². The number of anilines is 19. The van der Waals surface area contributed by atoms with Crippen LogP contribution in [0.15, 0.2) is 200 Å². The number of sulfone groups is 1. The highest BCUT2D eigenvalue weighted by molar-refractivity contribution is 7.92. The first kappa shape index (κ1) is 107. The van der Waals surface area contributed by atoms with Crippen LogP contribution in [-0.4, -0.2) is 254 Å². The molecule has 8 aromatic carbocycles. The fourth-order valence-electron chi connectivity index (χ4n) is 16.2. The quantitative estimate of drug-likeness (QED) is 0.0202. The summed E-state index contributed by atoms with van der Waals surface area (Å²) in [5.74, 6) is 4.74. The minimum atomic E-state index is -3.43. The van der Waals surface area contributed by atoms with Crippen LogP contribution in [0.3, 0.4) is 0 Å². The van der Waals surface area contributed by atoms with Crippen LogP contribution in [0.5, 0.6) is 17.2 Å². The molecule has 4 aromatic heterocycles. The number of piperidine rings is 1. The van der Waals surface area contributed by atoms with Gasteiger partial charge in [-0.05, 0) is 227 Å². The van der Waals surface area contributed by atoms with E-state index in [0.29, 0.717) is 151 Å². The highest BCUT2D eigenvalue weighted by atomic mass is 35.5. The number of amides is 1. The second-order valence-corrected chi connectivity index (χ2v) is 53.6. The Bertz CT molecular complexity index is 6890. The van der Waals surface area contributed by atoms with Gasteiger partial charge in [0.05, 0.1) is 109 Å². The summed E-state index contributed by atoms with van der Waals surface area (Å²) in [6.45, 7) is 26.9. The molecule has 0 spiro atoms. The van der Waals surface area contributed by atoms with Gasteiger partial charge in [-0.3, -0.25) is 0 Å². The molecular weight excluding hydrogens is 2000 g/mol. The zero-order valence-corrected chi connectivity index (χ0v) is 89.9. The Morgan fingerprint density at radius 1 is 0.469 bits per heavy atom. The lowest BCUT2D eigenvalue weighted by atomic mass is 9.96. The second-order valence-electron chi connectivity index (χ2n) is 37.0. The Labute approximate surface area is 855 Å². The predicted octanol–water partition coefficient (Wildman–Crippen LogP) is 19.9. The van der Waals surface area contributed by atoms with Gasteiger partial charge < -0.3 is 114 Å². The molecule has 43 heteroatoms. The molecule has 758 valence electrons. The number of ether oxygens (including phenoxy) is 5. The molecule has 0 unspecified atom stereocenters. The fraction of sp³-hybridized carbons (Fsp3) is 0.350. The number of hydrogen-bond acceptors (Lipinski definition) is 33. The minimum Gasteiger partial charge on any atom is -0.495 e. The summed E-state index contributed by atoms with van der Waals surface area (Å²) in [7, 11) is -4.68. The van der Waals surface area contributed by atoms with Gasteiger partial charge in [-0.15, -0.1) is 0 Å². The zero-order valence-electron chi connectivity index (χ0n) is 82.5. The highest BCUT2D eigenvalue weighted by Gasteiger charge is 2.40. The maximum absolute atomic E-state index is 13.0. The molecule has 34 nitrogen and oxygen atoms in total. The second kappa shape index (κ2) is 46.7. The van der Waals surface area contributed by atoms with E-state index in [4.69, 9.17) is 70.1 Å². The molecule has 1 amide bonds. The number of carbonyl (C=O) groups excluding carboxylic acids is 1. The lowest BCUT2D eigenvalue weighted by Crippen LogP contribution is -2.60. The number of methoxy groups -OCH3 is 3. The predicted molar refractivity (Wildman–Crippen MR) is 583 cm³/mol. The van der Waals surface area contributed by atoms with Crippen molar-refractivity contribution < 1.29 is 60.3 Å². The number of carbonyl (C=O) groups is 1. The first-order valence-corrected chi connectivity index (χ1v) is 59.8. The van der Waals surface area contributed by atoms with Crippen molar-refractivity contribution in [1.29, 1.82) is 0 Å². The number of morpholine rings is 1. The SMILES string of the molecule is COc1cc(N2CC(C)(O)C2)ccc1Nc1ncc(Cl)c(Nc2ccccc2P(C)(C)=O)n1.COc1cc(N2CCC(OC(=O)N3CCCN(C)CC3)CC2)ccc1Nc1ncc(Cl)c(Nc2ccccc2P(C)(C)=O)n1.COc1cc(P(C)(C)=O)ccc1Nc1ncc(Cl)c(N(C)c2ccccc2S(=O)(=O)C2CC2)n1.Cc1cc(P(C)(C)=O)ccc1Nc1ncc(Cl)c(Nc2ccc(N3CCOCC3)cc2)n1. The number of para-hydroxylation sites is 3. The molecule has 4 saturated heterocycles. The molecule has 8 N–H and O–H groups in total. The lowest BCUT2D eigenvalue weighted by molar-refractivity contribution is 0.0310. The van der Waals surface area contributed by atoms with Gasteiger partial charge in [-0.2, -0.15) is 19.9 Å². The highest BCUT2D eigenvalue weighted by Crippen LogP contribution is 2.46. The minimum absolute atomic E-state index is 0.0824. The van der Waals surface area contributed by atoms with Crippen LogP contribution in [-0.2, 0) is 37.6 Å². The van der Waals surface area contributed by atoms with E-state index in [0.717, 1.165) is 123 Å². The van der Waals surface area contributed by atoms with Crippen molar-refractivity contribution in [2.45, 2.75) is 67.8 Å². The largest absolute Gasteiger partial charge is 0.495 e. The van der Waals surface area contributed by atoms with E-state index in [1.165, 1.54) is 25.7 Å². The molecule has 5 fully saturated rings. The Morgan fingerprint density at radius 3 is 1.39 bits per heavy atom. The average Bonchev–Trinajstić information content (AvgIpc) is 1.66. The summed E-state index contributed by atoms with van der Waals surface area (Å²) in [6.07, 6.45) is 9.62. The maximum atomic E-state index is 13.0. The molecule has 5 aliphatic rings. The van der Waals surface area contributed by atoms with Crippen LogP contribution >= 0.6 is 75.0 Å². The van der Waals surface area contributed by atoms with Gasteiger partial charge in [0.15, 0.2) is 33.1 Å². The summed E-state index contributed by atoms with van der Waals surface area (Å²) in [6, 6.07) is 52.5. The number of aryl methyl sites for hydroxylation is 1. The fourth-order valence-corrected chi connectivity index (χ4v) is 22.9. The van der Waals surface area contributed by atoms with Gasteiger partial charge in [0.2, 0.25) is 23.8 Å². The standard InChI is InChI=1S/C31H41ClN7O4P.C23H27ClN5O3P.C23H27ClN5O2P.C23H26ClN4O4PS/c1-37-14-7-15-39(19-18-37)31(40)43-23-12-16-38(17-13-23)22-10-11-25(27(20-22)42-2)35-30-33-21-24(32)29(36-30)34-26-8-5-6-9-28(26)44(3,4)41;1-23(30)13-29(14-23)15-9-10-17(19(11-15)32-2)27-22-25-12-16(24)21(28-22)26-18-7-5-6-8-20(18)33(3,4)31;1-16-14-19(32(2,3)30)8-9-21(16)27-23-25-15-20(24)22(28-23)26-17-4-6-18(7-5-17)29-10-12-31-13-11-29;1-28(19-7-5-6-8-21(19)34(30,31)16-10-11-16)22-17(24)14-25-23(27-22)26-18-12-9-15(33(3,4)29)13-20(18)32-2/h5-6,8-11,20-21,23H,7,12-19H2,1-4H3,(H2,33,34,35,36);5-12,30H,13-14H2,1-4H3,(H2,25,26,27,28);4-9,14-15H,10-13H2,1-3H3,(H2,25,26,27,28);5-9,12-14,16H,10-11H2,1-4H3,(H,25,26,27). The number of nitrogens with zero attached hydrogens (tertiary/aromatic N) is 14. The molecule has 0 atom stereocenters. The van der Waals surface area contributed by atoms with E-state index in [2.05, 4.69) is 116 Å². The lowest BCUT2D eigenvalue weighted by Gasteiger charge is -2.45.